The molecule has 50 valence electrons. The van der Waals surface area contributed by atoms with Gasteiger partial charge < -0.3 is 0 Å². The lowest BCUT2D eigenvalue weighted by molar-refractivity contribution is 1.46. The molecule has 0 unspecified atom stereocenters. The quantitative estimate of drug-likeness (QED) is 0.487. The van der Waals surface area contributed by atoms with Gasteiger partial charge in [0.15, 0.2) is 5.69 Å². The molecule has 0 saturated heterocycles. The molecule has 0 atom stereocenters. The summed E-state index contributed by atoms with van der Waals surface area (Å²) in [5.41, 5.74) is 1.81. The first-order chi connectivity index (χ1) is 4.74. The Kier molecular flexibility index (Phi) is 2.28. The van der Waals surface area contributed by atoms with Gasteiger partial charge >= 0.3 is 0 Å². The summed E-state index contributed by atoms with van der Waals surface area (Å²) in [4.78, 5) is 3.36. The number of hydrogen-bond donors (Lipinski definition) is 0. The summed E-state index contributed by atoms with van der Waals surface area (Å²) >= 11 is 2.24. The first kappa shape index (κ1) is 7.55. The largest absolute Gasteiger partial charge is 0.238 e. The average molecular weight is 243 g/mol. The van der Waals surface area contributed by atoms with Gasteiger partial charge in [0.1, 0.15) is 0 Å². The lowest BCUT2D eigenvalue weighted by atomic mass is 10.2. The third kappa shape index (κ3) is 1.48. The Hall–Kier alpha value is -0.560. The number of nitrogens with zero attached hydrogens (tertiary/aromatic N) is 1. The second-order valence-electron chi connectivity index (χ2n) is 2.04. The van der Waals surface area contributed by atoms with E-state index >= 15 is 0 Å². The van der Waals surface area contributed by atoms with Crippen LogP contribution in [0.15, 0.2) is 18.2 Å². The molecule has 0 amide bonds. The Morgan fingerprint density at radius 1 is 1.50 bits per heavy atom. The van der Waals surface area contributed by atoms with Gasteiger partial charge in [0, 0.05) is 3.57 Å². The van der Waals surface area contributed by atoms with Gasteiger partial charge in [-0.2, -0.15) is 0 Å². The monoisotopic (exact) mass is 243 g/mol. The fourth-order valence-corrected chi connectivity index (χ4v) is 1.39. The van der Waals surface area contributed by atoms with E-state index in [1.54, 1.807) is 0 Å². The molecule has 1 aromatic rings. The molecule has 0 aliphatic rings. The van der Waals surface area contributed by atoms with E-state index in [9.17, 15) is 0 Å². The van der Waals surface area contributed by atoms with E-state index in [-0.39, 0.29) is 0 Å². The standard InChI is InChI=1S/C8H6IN/c1-6-5-7(9)3-4-8(6)10-2/h3-5H,1H3. The van der Waals surface area contributed by atoms with Crippen molar-refractivity contribution < 1.29 is 0 Å². The fraction of sp³-hybridized carbons (Fsp3) is 0.125. The van der Waals surface area contributed by atoms with Gasteiger partial charge in [-0.15, -0.1) is 0 Å². The van der Waals surface area contributed by atoms with E-state index in [0.29, 0.717) is 0 Å². The Balaban J connectivity index is 3.23. The first-order valence-corrected chi connectivity index (χ1v) is 3.95. The Labute approximate surface area is 74.0 Å². The Bertz CT molecular complexity index is 286. The van der Waals surface area contributed by atoms with E-state index in [0.717, 1.165) is 11.3 Å². The van der Waals surface area contributed by atoms with Crippen molar-refractivity contribution in [3.05, 3.63) is 38.7 Å². The molecule has 1 aromatic carbocycles. The molecule has 10 heavy (non-hydrogen) atoms. The highest BCUT2D eigenvalue weighted by atomic mass is 127. The van der Waals surface area contributed by atoms with E-state index in [1.165, 1.54) is 3.57 Å². The lowest BCUT2D eigenvalue weighted by Crippen LogP contribution is -1.73. The van der Waals surface area contributed by atoms with Gasteiger partial charge in [-0.3, -0.25) is 0 Å². The molecule has 0 aliphatic heterocycles. The van der Waals surface area contributed by atoms with Crippen LogP contribution in [0.25, 0.3) is 4.85 Å². The van der Waals surface area contributed by atoms with Gasteiger partial charge in [-0.05, 0) is 35.1 Å². The van der Waals surface area contributed by atoms with Crippen LogP contribution in [0.5, 0.6) is 0 Å². The van der Waals surface area contributed by atoms with Gasteiger partial charge in [-0.1, -0.05) is 18.2 Å². The van der Waals surface area contributed by atoms with Crippen LogP contribution in [0.4, 0.5) is 5.69 Å². The second kappa shape index (κ2) is 3.02. The molecule has 0 fully saturated rings. The SMILES string of the molecule is [C-]#[N+]c1ccc(I)cc1C. The van der Waals surface area contributed by atoms with E-state index in [2.05, 4.69) is 27.4 Å². The predicted molar refractivity (Wildman–Crippen MR) is 50.2 cm³/mol. The molecule has 0 aromatic heterocycles. The van der Waals surface area contributed by atoms with Gasteiger partial charge in [0.25, 0.3) is 0 Å². The van der Waals surface area contributed by atoms with E-state index in [4.69, 9.17) is 6.57 Å². The molecule has 2 heteroatoms. The summed E-state index contributed by atoms with van der Waals surface area (Å²) in [6.07, 6.45) is 0. The summed E-state index contributed by atoms with van der Waals surface area (Å²) in [7, 11) is 0. The number of aryl methyl sites for hydroxylation is 1. The van der Waals surface area contributed by atoms with E-state index in [1.807, 2.05) is 25.1 Å². The third-order valence-electron chi connectivity index (χ3n) is 1.28. The van der Waals surface area contributed by atoms with Crippen LogP contribution in [0, 0.1) is 17.1 Å². The maximum Gasteiger partial charge on any atom is 0.190 e. The van der Waals surface area contributed by atoms with E-state index < -0.39 is 0 Å². The number of benzene rings is 1. The molecule has 0 heterocycles. The van der Waals surface area contributed by atoms with Gasteiger partial charge in [0.05, 0.1) is 6.57 Å². The molecule has 0 radical (unpaired) electrons. The topological polar surface area (TPSA) is 4.36 Å². The zero-order valence-corrected chi connectivity index (χ0v) is 7.71. The lowest BCUT2D eigenvalue weighted by Gasteiger charge is -1.95. The molecule has 0 saturated carbocycles. The highest BCUT2D eigenvalue weighted by Crippen LogP contribution is 2.19. The van der Waals surface area contributed by atoms with Crippen molar-refractivity contribution in [1.29, 1.82) is 0 Å². The third-order valence-corrected chi connectivity index (χ3v) is 1.95. The Morgan fingerprint density at radius 3 is 2.70 bits per heavy atom. The summed E-state index contributed by atoms with van der Waals surface area (Å²) in [5.74, 6) is 0. The molecule has 0 N–H and O–H groups in total. The van der Waals surface area contributed by atoms with Crippen molar-refractivity contribution in [2.45, 2.75) is 6.92 Å². The highest BCUT2D eigenvalue weighted by molar-refractivity contribution is 14.1. The molecule has 0 spiro atoms. The zero-order chi connectivity index (χ0) is 7.56. The molecular weight excluding hydrogens is 237 g/mol. The number of halogens is 1. The van der Waals surface area contributed by atoms with Crippen molar-refractivity contribution in [2.24, 2.45) is 0 Å². The maximum absolute atomic E-state index is 6.78. The summed E-state index contributed by atoms with van der Waals surface area (Å²) in [5, 5.41) is 0. The van der Waals surface area contributed by atoms with Crippen molar-refractivity contribution in [3.63, 3.8) is 0 Å². The van der Waals surface area contributed by atoms with Crippen molar-refractivity contribution in [2.75, 3.05) is 0 Å². The maximum atomic E-state index is 6.78. The molecule has 1 rings (SSSR count). The fourth-order valence-electron chi connectivity index (χ4n) is 0.744. The molecule has 0 aliphatic carbocycles. The van der Waals surface area contributed by atoms with Gasteiger partial charge in [0.2, 0.25) is 0 Å². The summed E-state index contributed by atoms with van der Waals surface area (Å²) in [6, 6.07) is 5.80. The summed E-state index contributed by atoms with van der Waals surface area (Å²) in [6.45, 7) is 8.73. The van der Waals surface area contributed by atoms with Crippen LogP contribution in [0.3, 0.4) is 0 Å². The summed E-state index contributed by atoms with van der Waals surface area (Å²) < 4.78 is 1.18. The van der Waals surface area contributed by atoms with Crippen LogP contribution in [0.1, 0.15) is 5.56 Å². The predicted octanol–water partition coefficient (Wildman–Crippen LogP) is 3.15. The molecule has 0 bridgehead atoms. The molecule has 1 nitrogen and oxygen atoms in total. The van der Waals surface area contributed by atoms with Crippen LogP contribution in [-0.4, -0.2) is 0 Å². The van der Waals surface area contributed by atoms with Crippen molar-refractivity contribution in [3.8, 4) is 0 Å². The normalized spacial score (nSPS) is 8.90. The van der Waals surface area contributed by atoms with Crippen LogP contribution < -0.4 is 0 Å². The van der Waals surface area contributed by atoms with Crippen LogP contribution >= 0.6 is 22.6 Å². The number of hydrogen-bond acceptors (Lipinski definition) is 0. The minimum absolute atomic E-state index is 0.750. The average Bonchev–Trinajstić information content (AvgIpc) is 1.88. The zero-order valence-electron chi connectivity index (χ0n) is 5.56. The first-order valence-electron chi connectivity index (χ1n) is 2.87. The van der Waals surface area contributed by atoms with Crippen molar-refractivity contribution in [1.82, 2.24) is 0 Å². The minimum atomic E-state index is 0.750. The molecular formula is C8H6IN. The smallest absolute Gasteiger partial charge is 0.190 e. The minimum Gasteiger partial charge on any atom is -0.238 e. The Morgan fingerprint density at radius 2 is 2.20 bits per heavy atom. The highest BCUT2D eigenvalue weighted by Gasteiger charge is 1.95. The second-order valence-corrected chi connectivity index (χ2v) is 3.29. The van der Waals surface area contributed by atoms with Gasteiger partial charge in [-0.25, -0.2) is 4.85 Å². The van der Waals surface area contributed by atoms with Crippen LogP contribution in [0.2, 0.25) is 0 Å². The van der Waals surface area contributed by atoms with Crippen LogP contribution in [-0.2, 0) is 0 Å². The van der Waals surface area contributed by atoms with Crippen molar-refractivity contribution >= 4 is 28.3 Å². The number of rotatable bonds is 0.